The Morgan fingerprint density at radius 3 is 2.71 bits per heavy atom. The first-order valence-electron chi connectivity index (χ1n) is 5.00. The summed E-state index contributed by atoms with van der Waals surface area (Å²) in [6.07, 6.45) is 0. The molecule has 2 rings (SSSR count). The number of nitrogens with two attached hydrogens (primary N) is 1. The maximum absolute atomic E-state index is 10.5. The first-order valence-corrected chi connectivity index (χ1v) is 5.00. The summed E-state index contributed by atoms with van der Waals surface area (Å²) in [5, 5.41) is 14.3. The Balaban J connectivity index is 2.49. The number of nitrogen functional groups attached to an aromatic ring is 1. The molecule has 0 aliphatic rings. The molecule has 0 bridgehead atoms. The van der Waals surface area contributed by atoms with E-state index in [0.717, 1.165) is 0 Å². The van der Waals surface area contributed by atoms with E-state index in [4.69, 9.17) is 14.7 Å². The zero-order valence-electron chi connectivity index (χ0n) is 9.34. The van der Waals surface area contributed by atoms with Crippen LogP contribution >= 0.6 is 0 Å². The summed E-state index contributed by atoms with van der Waals surface area (Å²) in [5.74, 6) is 0.228. The molecule has 0 spiro atoms. The van der Waals surface area contributed by atoms with Gasteiger partial charge in [0.1, 0.15) is 4.92 Å². The third kappa shape index (κ3) is 1.86. The number of nitro groups is 1. The van der Waals surface area contributed by atoms with Gasteiger partial charge >= 0.3 is 5.88 Å². The molecule has 7 nitrogen and oxygen atoms in total. The van der Waals surface area contributed by atoms with Gasteiger partial charge in [-0.15, -0.1) is 0 Å². The lowest BCUT2D eigenvalue weighted by Gasteiger charge is -2.02. The molecule has 17 heavy (non-hydrogen) atoms. The first kappa shape index (κ1) is 11.2. The van der Waals surface area contributed by atoms with E-state index in [1.165, 1.54) is 12.1 Å². The number of nitrogens with zero attached hydrogens (tertiary/aromatic N) is 2. The van der Waals surface area contributed by atoms with E-state index < -0.39 is 4.92 Å². The van der Waals surface area contributed by atoms with Crippen LogP contribution < -0.4 is 5.73 Å². The van der Waals surface area contributed by atoms with Gasteiger partial charge in [-0.3, -0.25) is 10.1 Å². The van der Waals surface area contributed by atoms with Crippen LogP contribution in [0.4, 0.5) is 11.8 Å². The lowest BCUT2D eigenvalue weighted by atomic mass is 10.0. The molecule has 90 valence electrons. The van der Waals surface area contributed by atoms with E-state index in [-0.39, 0.29) is 23.4 Å². The molecule has 2 aromatic heterocycles. The van der Waals surface area contributed by atoms with Gasteiger partial charge in [0.15, 0.2) is 11.5 Å². The Bertz CT molecular complexity index is 556. The summed E-state index contributed by atoms with van der Waals surface area (Å²) < 4.78 is 9.94. The maximum atomic E-state index is 10.5. The van der Waals surface area contributed by atoms with Gasteiger partial charge in [0.2, 0.25) is 5.88 Å². The van der Waals surface area contributed by atoms with Crippen molar-refractivity contribution in [3.05, 3.63) is 27.8 Å². The SMILES string of the molecule is CC(C)c1c(-c2ccc([N+](=O)[O-])o2)noc1N. The summed E-state index contributed by atoms with van der Waals surface area (Å²) in [6.45, 7) is 3.84. The molecule has 2 heterocycles. The molecule has 0 aliphatic heterocycles. The molecule has 0 atom stereocenters. The highest BCUT2D eigenvalue weighted by atomic mass is 16.6. The van der Waals surface area contributed by atoms with E-state index >= 15 is 0 Å². The van der Waals surface area contributed by atoms with Crippen LogP contribution in [0.2, 0.25) is 0 Å². The predicted molar refractivity (Wildman–Crippen MR) is 59.4 cm³/mol. The minimum Gasteiger partial charge on any atom is -0.399 e. The number of anilines is 1. The fraction of sp³-hybridized carbons (Fsp3) is 0.300. The van der Waals surface area contributed by atoms with Crippen molar-refractivity contribution >= 4 is 11.8 Å². The third-order valence-corrected chi connectivity index (χ3v) is 2.34. The van der Waals surface area contributed by atoms with Crippen LogP contribution in [0.3, 0.4) is 0 Å². The maximum Gasteiger partial charge on any atom is 0.433 e. The average molecular weight is 237 g/mol. The monoisotopic (exact) mass is 237 g/mol. The van der Waals surface area contributed by atoms with Gasteiger partial charge in [0.05, 0.1) is 11.6 Å². The smallest absolute Gasteiger partial charge is 0.399 e. The molecular weight excluding hydrogens is 226 g/mol. The van der Waals surface area contributed by atoms with Gasteiger partial charge in [0.25, 0.3) is 0 Å². The van der Waals surface area contributed by atoms with Crippen molar-refractivity contribution in [1.29, 1.82) is 0 Å². The highest BCUT2D eigenvalue weighted by molar-refractivity contribution is 5.64. The second-order valence-corrected chi connectivity index (χ2v) is 3.86. The molecular formula is C10H11N3O4. The highest BCUT2D eigenvalue weighted by Crippen LogP contribution is 2.34. The zero-order chi connectivity index (χ0) is 12.6. The molecule has 0 saturated heterocycles. The molecule has 2 N–H and O–H groups in total. The fourth-order valence-electron chi connectivity index (χ4n) is 1.60. The quantitative estimate of drug-likeness (QED) is 0.649. The molecule has 0 aliphatic carbocycles. The molecule has 0 aromatic carbocycles. The van der Waals surface area contributed by atoms with E-state index in [1.54, 1.807) is 0 Å². The Hall–Kier alpha value is -2.31. The van der Waals surface area contributed by atoms with Crippen LogP contribution in [0.1, 0.15) is 25.3 Å². The fourth-order valence-corrected chi connectivity index (χ4v) is 1.60. The van der Waals surface area contributed by atoms with Gasteiger partial charge in [-0.2, -0.15) is 0 Å². The second-order valence-electron chi connectivity index (χ2n) is 3.86. The molecule has 0 unspecified atom stereocenters. The van der Waals surface area contributed by atoms with Gasteiger partial charge in [-0.05, 0) is 12.0 Å². The van der Waals surface area contributed by atoms with Crippen molar-refractivity contribution in [3.63, 3.8) is 0 Å². The topological polar surface area (TPSA) is 108 Å². The van der Waals surface area contributed by atoms with Gasteiger partial charge in [-0.1, -0.05) is 19.0 Å². The molecule has 0 fully saturated rings. The lowest BCUT2D eigenvalue weighted by molar-refractivity contribution is -0.401. The summed E-state index contributed by atoms with van der Waals surface area (Å²) in [7, 11) is 0. The Kier molecular flexibility index (Phi) is 2.58. The number of furan rings is 1. The van der Waals surface area contributed by atoms with Gasteiger partial charge in [-0.25, -0.2) is 0 Å². The molecule has 0 amide bonds. The van der Waals surface area contributed by atoms with Crippen molar-refractivity contribution in [3.8, 4) is 11.5 Å². The van der Waals surface area contributed by atoms with Crippen molar-refractivity contribution in [2.24, 2.45) is 0 Å². The average Bonchev–Trinajstić information content (AvgIpc) is 2.82. The van der Waals surface area contributed by atoms with Crippen LogP contribution in [0.25, 0.3) is 11.5 Å². The van der Waals surface area contributed by atoms with Crippen LogP contribution in [-0.2, 0) is 0 Å². The minimum absolute atomic E-state index is 0.0837. The van der Waals surface area contributed by atoms with E-state index in [1.807, 2.05) is 13.8 Å². The largest absolute Gasteiger partial charge is 0.433 e. The number of hydrogen-bond donors (Lipinski definition) is 1. The van der Waals surface area contributed by atoms with E-state index in [0.29, 0.717) is 11.3 Å². The van der Waals surface area contributed by atoms with E-state index in [2.05, 4.69) is 5.16 Å². The molecule has 0 radical (unpaired) electrons. The normalized spacial score (nSPS) is 11.0. The highest BCUT2D eigenvalue weighted by Gasteiger charge is 2.23. The van der Waals surface area contributed by atoms with Crippen LogP contribution in [0.5, 0.6) is 0 Å². The van der Waals surface area contributed by atoms with Crippen molar-refractivity contribution in [2.45, 2.75) is 19.8 Å². The van der Waals surface area contributed by atoms with Crippen molar-refractivity contribution < 1.29 is 13.9 Å². The van der Waals surface area contributed by atoms with Crippen LogP contribution in [-0.4, -0.2) is 10.1 Å². The molecule has 7 heteroatoms. The zero-order valence-corrected chi connectivity index (χ0v) is 9.34. The van der Waals surface area contributed by atoms with Gasteiger partial charge in [0, 0.05) is 0 Å². The number of rotatable bonds is 3. The lowest BCUT2D eigenvalue weighted by Crippen LogP contribution is -1.94. The standard InChI is InChI=1S/C10H11N3O4/c1-5(2)8-9(12-17-10(8)11)6-3-4-7(16-6)13(14)15/h3-5H,11H2,1-2H3. The number of hydrogen-bond acceptors (Lipinski definition) is 6. The van der Waals surface area contributed by atoms with Gasteiger partial charge < -0.3 is 14.7 Å². The predicted octanol–water partition coefficient (Wildman–Crippen LogP) is 2.55. The first-order chi connectivity index (χ1) is 8.00. The Morgan fingerprint density at radius 1 is 1.47 bits per heavy atom. The summed E-state index contributed by atoms with van der Waals surface area (Å²) in [6, 6.07) is 2.74. The number of aromatic nitrogens is 1. The summed E-state index contributed by atoms with van der Waals surface area (Å²) in [4.78, 5) is 9.90. The Labute approximate surface area is 96.3 Å². The third-order valence-electron chi connectivity index (χ3n) is 2.34. The molecule has 0 saturated carbocycles. The summed E-state index contributed by atoms with van der Waals surface area (Å²) in [5.41, 5.74) is 6.74. The Morgan fingerprint density at radius 2 is 2.18 bits per heavy atom. The van der Waals surface area contributed by atoms with Crippen LogP contribution in [0.15, 0.2) is 21.1 Å². The summed E-state index contributed by atoms with van der Waals surface area (Å²) >= 11 is 0. The molecule has 2 aromatic rings. The minimum atomic E-state index is -0.609. The second kappa shape index (κ2) is 3.93. The van der Waals surface area contributed by atoms with E-state index in [9.17, 15) is 10.1 Å². The van der Waals surface area contributed by atoms with Crippen LogP contribution in [0, 0.1) is 10.1 Å². The van der Waals surface area contributed by atoms with Crippen molar-refractivity contribution in [1.82, 2.24) is 5.16 Å². The van der Waals surface area contributed by atoms with Crippen molar-refractivity contribution in [2.75, 3.05) is 5.73 Å².